The molecule has 0 saturated carbocycles. The second-order valence-corrected chi connectivity index (χ2v) is 5.39. The van der Waals surface area contributed by atoms with E-state index in [0.717, 1.165) is 16.9 Å². The third kappa shape index (κ3) is 3.88. The zero-order valence-corrected chi connectivity index (χ0v) is 13.4. The monoisotopic (exact) mass is 315 g/mol. The first-order valence-corrected chi connectivity index (χ1v) is 7.36. The quantitative estimate of drug-likeness (QED) is 0.777. The average molecular weight is 315 g/mol. The molecule has 2 atom stereocenters. The number of hydrogen-bond acceptors (Lipinski definition) is 3. The first kappa shape index (κ1) is 16.5. The second-order valence-electron chi connectivity index (χ2n) is 5.39. The molecular formula is C16H21N5O2. The van der Waals surface area contributed by atoms with Gasteiger partial charge in [0.15, 0.2) is 0 Å². The number of nitrogens with two attached hydrogens (primary N) is 1. The number of amides is 3. The average Bonchev–Trinajstić information content (AvgIpc) is 2.89. The molecule has 0 aliphatic heterocycles. The van der Waals surface area contributed by atoms with Crippen molar-refractivity contribution < 1.29 is 9.59 Å². The summed E-state index contributed by atoms with van der Waals surface area (Å²) in [6.07, 6.45) is 1.74. The molecule has 2 rings (SSSR count). The summed E-state index contributed by atoms with van der Waals surface area (Å²) in [5, 5.41) is 9.58. The second kappa shape index (κ2) is 6.95. The number of primary amides is 1. The van der Waals surface area contributed by atoms with Crippen molar-refractivity contribution in [2.75, 3.05) is 0 Å². The van der Waals surface area contributed by atoms with Crippen molar-refractivity contribution in [2.45, 2.75) is 32.9 Å². The molecule has 122 valence electrons. The third-order valence-electron chi connectivity index (χ3n) is 3.63. The van der Waals surface area contributed by atoms with Crippen molar-refractivity contribution in [2.24, 2.45) is 5.73 Å². The van der Waals surface area contributed by atoms with Crippen molar-refractivity contribution in [3.63, 3.8) is 0 Å². The summed E-state index contributed by atoms with van der Waals surface area (Å²) in [5.41, 5.74) is 7.83. The maximum Gasteiger partial charge on any atom is 0.312 e. The topological polar surface area (TPSA) is 102 Å². The Balaban J connectivity index is 2.12. The van der Waals surface area contributed by atoms with Gasteiger partial charge in [-0.05, 0) is 32.9 Å². The van der Waals surface area contributed by atoms with Crippen LogP contribution in [-0.4, -0.2) is 27.8 Å². The van der Waals surface area contributed by atoms with Crippen LogP contribution in [0.15, 0.2) is 36.5 Å². The van der Waals surface area contributed by atoms with Crippen LogP contribution in [0.4, 0.5) is 4.79 Å². The van der Waals surface area contributed by atoms with E-state index in [1.807, 2.05) is 48.9 Å². The van der Waals surface area contributed by atoms with Gasteiger partial charge in [-0.15, -0.1) is 0 Å². The minimum Gasteiger partial charge on any atom is -0.352 e. The highest BCUT2D eigenvalue weighted by molar-refractivity contribution is 5.86. The van der Waals surface area contributed by atoms with Gasteiger partial charge in [-0.1, -0.05) is 18.2 Å². The number of urea groups is 1. The molecule has 0 aliphatic rings. The maximum atomic E-state index is 12.0. The van der Waals surface area contributed by atoms with Crippen LogP contribution < -0.4 is 16.4 Å². The predicted octanol–water partition coefficient (Wildman–Crippen LogP) is 1.41. The summed E-state index contributed by atoms with van der Waals surface area (Å²) in [7, 11) is 0. The van der Waals surface area contributed by atoms with Crippen LogP contribution in [-0.2, 0) is 4.79 Å². The number of rotatable bonds is 5. The van der Waals surface area contributed by atoms with Crippen molar-refractivity contribution in [1.82, 2.24) is 20.4 Å². The Morgan fingerprint density at radius 2 is 1.83 bits per heavy atom. The lowest BCUT2D eigenvalue weighted by atomic mass is 10.1. The molecule has 1 heterocycles. The summed E-state index contributed by atoms with van der Waals surface area (Å²) in [5.74, 6) is -0.303. The molecule has 7 heteroatoms. The van der Waals surface area contributed by atoms with E-state index < -0.39 is 12.1 Å². The van der Waals surface area contributed by atoms with Gasteiger partial charge >= 0.3 is 6.03 Å². The van der Waals surface area contributed by atoms with Gasteiger partial charge in [-0.2, -0.15) is 5.10 Å². The molecule has 7 nitrogen and oxygen atoms in total. The van der Waals surface area contributed by atoms with Crippen LogP contribution in [0.1, 0.15) is 31.1 Å². The first-order chi connectivity index (χ1) is 10.9. The fourth-order valence-corrected chi connectivity index (χ4v) is 2.37. The minimum absolute atomic E-state index is 0.239. The molecule has 0 unspecified atom stereocenters. The van der Waals surface area contributed by atoms with Crippen LogP contribution in [0.3, 0.4) is 0 Å². The minimum atomic E-state index is -0.728. The standard InChI is InChI=1S/C16H21N5O2/c1-10(19-15(22)11(2)20-16(17)23)14-9-18-21(12(14)3)13-7-5-4-6-8-13/h4-11H,1-3H3,(H,19,22)(H3,17,20,23)/t10-,11-/m0/s1. The number of hydrogen-bond donors (Lipinski definition) is 3. The number of carbonyl (C=O) groups excluding carboxylic acids is 2. The molecule has 0 saturated heterocycles. The first-order valence-electron chi connectivity index (χ1n) is 7.36. The van der Waals surface area contributed by atoms with E-state index in [2.05, 4.69) is 15.7 Å². The van der Waals surface area contributed by atoms with Gasteiger partial charge in [-0.25, -0.2) is 9.48 Å². The summed E-state index contributed by atoms with van der Waals surface area (Å²) in [6.45, 7) is 5.39. The van der Waals surface area contributed by atoms with Crippen molar-refractivity contribution in [3.05, 3.63) is 47.8 Å². The largest absolute Gasteiger partial charge is 0.352 e. The van der Waals surface area contributed by atoms with Crippen LogP contribution >= 0.6 is 0 Å². The molecule has 0 bridgehead atoms. The van der Waals surface area contributed by atoms with E-state index in [0.29, 0.717) is 0 Å². The van der Waals surface area contributed by atoms with Gasteiger partial charge in [-0.3, -0.25) is 4.79 Å². The molecule has 0 fully saturated rings. The predicted molar refractivity (Wildman–Crippen MR) is 87.0 cm³/mol. The Kier molecular flexibility index (Phi) is 5.00. The lowest BCUT2D eigenvalue weighted by molar-refractivity contribution is -0.123. The molecular weight excluding hydrogens is 294 g/mol. The summed E-state index contributed by atoms with van der Waals surface area (Å²) >= 11 is 0. The van der Waals surface area contributed by atoms with Gasteiger partial charge in [0.25, 0.3) is 0 Å². The van der Waals surface area contributed by atoms with Crippen molar-refractivity contribution >= 4 is 11.9 Å². The Hall–Kier alpha value is -2.83. The maximum absolute atomic E-state index is 12.0. The van der Waals surface area contributed by atoms with Crippen LogP contribution in [0.5, 0.6) is 0 Å². The molecule has 1 aromatic carbocycles. The molecule has 0 spiro atoms. The van der Waals surface area contributed by atoms with E-state index in [1.165, 1.54) is 0 Å². The van der Waals surface area contributed by atoms with E-state index in [1.54, 1.807) is 13.1 Å². The smallest absolute Gasteiger partial charge is 0.312 e. The molecule has 2 aromatic rings. The van der Waals surface area contributed by atoms with Crippen LogP contribution in [0.25, 0.3) is 5.69 Å². The number of carbonyl (C=O) groups is 2. The molecule has 1 aromatic heterocycles. The van der Waals surface area contributed by atoms with Gasteiger partial charge in [0.1, 0.15) is 6.04 Å². The van der Waals surface area contributed by atoms with Crippen LogP contribution in [0.2, 0.25) is 0 Å². The highest BCUT2D eigenvalue weighted by atomic mass is 16.2. The Bertz CT molecular complexity index is 696. The summed E-state index contributed by atoms with van der Waals surface area (Å²) in [4.78, 5) is 22.8. The number of nitrogens with zero attached hydrogens (tertiary/aromatic N) is 2. The zero-order chi connectivity index (χ0) is 17.0. The van der Waals surface area contributed by atoms with Gasteiger partial charge in [0.2, 0.25) is 5.91 Å². The normalized spacial score (nSPS) is 13.2. The van der Waals surface area contributed by atoms with Gasteiger partial charge in [0.05, 0.1) is 17.9 Å². The molecule has 23 heavy (non-hydrogen) atoms. The van der Waals surface area contributed by atoms with E-state index in [4.69, 9.17) is 5.73 Å². The molecule has 4 N–H and O–H groups in total. The lowest BCUT2D eigenvalue weighted by Gasteiger charge is -2.18. The highest BCUT2D eigenvalue weighted by Crippen LogP contribution is 2.20. The van der Waals surface area contributed by atoms with Crippen LogP contribution in [0, 0.1) is 6.92 Å². The van der Waals surface area contributed by atoms with Crippen molar-refractivity contribution in [3.8, 4) is 5.69 Å². The number of benzene rings is 1. The fourth-order valence-electron chi connectivity index (χ4n) is 2.37. The number of aromatic nitrogens is 2. The fraction of sp³-hybridized carbons (Fsp3) is 0.312. The SMILES string of the molecule is Cc1c([C@H](C)NC(=O)[C@H](C)NC(N)=O)cnn1-c1ccccc1. The Labute approximate surface area is 134 Å². The Morgan fingerprint density at radius 1 is 1.17 bits per heavy atom. The van der Waals surface area contributed by atoms with Crippen molar-refractivity contribution in [1.29, 1.82) is 0 Å². The molecule has 0 radical (unpaired) electrons. The summed E-state index contributed by atoms with van der Waals surface area (Å²) in [6, 6.07) is 8.10. The zero-order valence-electron chi connectivity index (χ0n) is 13.4. The van der Waals surface area contributed by atoms with Gasteiger partial charge in [0, 0.05) is 11.3 Å². The Morgan fingerprint density at radius 3 is 2.43 bits per heavy atom. The highest BCUT2D eigenvalue weighted by Gasteiger charge is 2.20. The molecule has 0 aliphatic carbocycles. The van der Waals surface area contributed by atoms with E-state index >= 15 is 0 Å². The van der Waals surface area contributed by atoms with Gasteiger partial charge < -0.3 is 16.4 Å². The van der Waals surface area contributed by atoms with E-state index in [-0.39, 0.29) is 11.9 Å². The lowest BCUT2D eigenvalue weighted by Crippen LogP contribution is -2.47. The third-order valence-corrected chi connectivity index (χ3v) is 3.63. The summed E-state index contributed by atoms with van der Waals surface area (Å²) < 4.78 is 1.82. The van der Waals surface area contributed by atoms with E-state index in [9.17, 15) is 9.59 Å². The number of nitrogens with one attached hydrogen (secondary N) is 2. The number of para-hydroxylation sites is 1. The molecule has 3 amide bonds.